The van der Waals surface area contributed by atoms with Crippen molar-refractivity contribution in [3.05, 3.63) is 24.3 Å². The van der Waals surface area contributed by atoms with Crippen LogP contribution in [0.15, 0.2) is 29.2 Å². The van der Waals surface area contributed by atoms with E-state index in [1.807, 2.05) is 23.9 Å². The van der Waals surface area contributed by atoms with Crippen molar-refractivity contribution in [3.63, 3.8) is 0 Å². The quantitative estimate of drug-likeness (QED) is 0.748. The average molecular weight is 207 g/mol. The van der Waals surface area contributed by atoms with Gasteiger partial charge in [0.15, 0.2) is 0 Å². The molecule has 2 N–H and O–H groups in total. The fourth-order valence-electron chi connectivity index (χ4n) is 1.96. The van der Waals surface area contributed by atoms with Crippen LogP contribution in [0.25, 0.3) is 0 Å². The normalized spacial score (nSPS) is 18.3. The van der Waals surface area contributed by atoms with Crippen molar-refractivity contribution >= 4 is 17.4 Å². The maximum absolute atomic E-state index is 5.75. The first-order valence-electron chi connectivity index (χ1n) is 5.37. The smallest absolute Gasteiger partial charge is 0.0325 e. The lowest BCUT2D eigenvalue weighted by atomic mass is 10.0. The molecular formula is C12H17NS. The van der Waals surface area contributed by atoms with Gasteiger partial charge in [-0.05, 0) is 31.0 Å². The van der Waals surface area contributed by atoms with Crippen LogP contribution in [0, 0.1) is 0 Å². The Morgan fingerprint density at radius 3 is 2.64 bits per heavy atom. The predicted octanol–water partition coefficient (Wildman–Crippen LogP) is 3.69. The summed E-state index contributed by atoms with van der Waals surface area (Å²) in [5.41, 5.74) is 6.63. The molecule has 0 amide bonds. The van der Waals surface area contributed by atoms with E-state index in [4.69, 9.17) is 5.73 Å². The first-order chi connectivity index (χ1) is 6.84. The Bertz CT molecular complexity index is 292. The monoisotopic (exact) mass is 207 g/mol. The Morgan fingerprint density at radius 1 is 1.14 bits per heavy atom. The zero-order valence-corrected chi connectivity index (χ0v) is 9.22. The van der Waals surface area contributed by atoms with Crippen molar-refractivity contribution in [1.29, 1.82) is 0 Å². The first kappa shape index (κ1) is 9.91. The van der Waals surface area contributed by atoms with Crippen LogP contribution in [0.3, 0.4) is 0 Å². The van der Waals surface area contributed by atoms with Crippen LogP contribution in [0.2, 0.25) is 0 Å². The number of benzene rings is 1. The summed E-state index contributed by atoms with van der Waals surface area (Å²) in [4.78, 5) is 1.33. The number of hydrogen-bond acceptors (Lipinski definition) is 2. The summed E-state index contributed by atoms with van der Waals surface area (Å²) >= 11 is 2.00. The third-order valence-corrected chi connectivity index (χ3v) is 4.04. The molecule has 1 aromatic carbocycles. The SMILES string of the molecule is Nc1cccc(SC2CCCCC2)c1. The third-order valence-electron chi connectivity index (χ3n) is 2.71. The van der Waals surface area contributed by atoms with Crippen LogP contribution in [-0.4, -0.2) is 5.25 Å². The van der Waals surface area contributed by atoms with Gasteiger partial charge in [0.2, 0.25) is 0 Å². The topological polar surface area (TPSA) is 26.0 Å². The van der Waals surface area contributed by atoms with Crippen molar-refractivity contribution in [3.8, 4) is 0 Å². The van der Waals surface area contributed by atoms with E-state index in [0.29, 0.717) is 0 Å². The summed E-state index contributed by atoms with van der Waals surface area (Å²) in [6, 6.07) is 8.24. The van der Waals surface area contributed by atoms with Gasteiger partial charge in [-0.15, -0.1) is 11.8 Å². The van der Waals surface area contributed by atoms with Crippen molar-refractivity contribution in [1.82, 2.24) is 0 Å². The first-order valence-corrected chi connectivity index (χ1v) is 6.25. The maximum atomic E-state index is 5.75. The Hall–Kier alpha value is -0.630. The summed E-state index contributed by atoms with van der Waals surface area (Å²) < 4.78 is 0. The van der Waals surface area contributed by atoms with Crippen LogP contribution < -0.4 is 5.73 Å². The highest BCUT2D eigenvalue weighted by molar-refractivity contribution is 8.00. The van der Waals surface area contributed by atoms with Crippen LogP contribution >= 0.6 is 11.8 Å². The molecule has 2 heteroatoms. The molecule has 1 fully saturated rings. The van der Waals surface area contributed by atoms with Crippen LogP contribution in [0.1, 0.15) is 32.1 Å². The van der Waals surface area contributed by atoms with E-state index < -0.39 is 0 Å². The molecule has 0 bridgehead atoms. The van der Waals surface area contributed by atoms with E-state index in [-0.39, 0.29) is 0 Å². The van der Waals surface area contributed by atoms with E-state index in [1.54, 1.807) is 0 Å². The van der Waals surface area contributed by atoms with Gasteiger partial charge >= 0.3 is 0 Å². The van der Waals surface area contributed by atoms with Crippen molar-refractivity contribution in [2.45, 2.75) is 42.2 Å². The lowest BCUT2D eigenvalue weighted by Gasteiger charge is -2.20. The average Bonchev–Trinajstić information content (AvgIpc) is 2.19. The highest BCUT2D eigenvalue weighted by Gasteiger charge is 2.14. The van der Waals surface area contributed by atoms with Crippen LogP contribution in [0.5, 0.6) is 0 Å². The maximum Gasteiger partial charge on any atom is 0.0325 e. The predicted molar refractivity (Wildman–Crippen MR) is 63.6 cm³/mol. The second-order valence-corrected chi connectivity index (χ2v) is 5.32. The number of rotatable bonds is 2. The van der Waals surface area contributed by atoms with Gasteiger partial charge in [-0.3, -0.25) is 0 Å². The fourth-order valence-corrected chi connectivity index (χ4v) is 3.28. The van der Waals surface area contributed by atoms with Gasteiger partial charge in [0.05, 0.1) is 0 Å². The standard InChI is InChI=1S/C12H17NS/c13-10-5-4-8-12(9-10)14-11-6-2-1-3-7-11/h4-5,8-9,11H,1-3,6-7,13H2. The molecule has 0 atom stereocenters. The second-order valence-electron chi connectivity index (χ2n) is 3.95. The highest BCUT2D eigenvalue weighted by Crippen LogP contribution is 2.33. The molecule has 76 valence electrons. The largest absolute Gasteiger partial charge is 0.399 e. The lowest BCUT2D eigenvalue weighted by molar-refractivity contribution is 0.516. The third kappa shape index (κ3) is 2.68. The van der Waals surface area contributed by atoms with Crippen LogP contribution in [0.4, 0.5) is 5.69 Å². The molecule has 0 spiro atoms. The molecule has 0 aliphatic heterocycles. The van der Waals surface area contributed by atoms with E-state index in [2.05, 4.69) is 12.1 Å². The molecule has 1 aliphatic carbocycles. The number of anilines is 1. The minimum atomic E-state index is 0.825. The van der Waals surface area contributed by atoms with E-state index in [1.165, 1.54) is 37.0 Å². The lowest BCUT2D eigenvalue weighted by Crippen LogP contribution is -2.07. The molecular weight excluding hydrogens is 190 g/mol. The fraction of sp³-hybridized carbons (Fsp3) is 0.500. The molecule has 1 saturated carbocycles. The molecule has 1 aromatic rings. The summed E-state index contributed by atoms with van der Waals surface area (Å²) in [5, 5.41) is 0.825. The van der Waals surface area contributed by atoms with Gasteiger partial charge in [-0.1, -0.05) is 25.3 Å². The van der Waals surface area contributed by atoms with E-state index in [0.717, 1.165) is 10.9 Å². The second kappa shape index (κ2) is 4.74. The Labute approximate surface area is 90.1 Å². The zero-order valence-electron chi connectivity index (χ0n) is 8.41. The minimum Gasteiger partial charge on any atom is -0.399 e. The summed E-state index contributed by atoms with van der Waals surface area (Å²) in [6.45, 7) is 0. The molecule has 0 unspecified atom stereocenters. The van der Waals surface area contributed by atoms with Gasteiger partial charge in [-0.2, -0.15) is 0 Å². The number of thioether (sulfide) groups is 1. The van der Waals surface area contributed by atoms with Crippen molar-refractivity contribution < 1.29 is 0 Å². The molecule has 0 radical (unpaired) electrons. The van der Waals surface area contributed by atoms with Gasteiger partial charge in [-0.25, -0.2) is 0 Å². The zero-order chi connectivity index (χ0) is 9.80. The van der Waals surface area contributed by atoms with Gasteiger partial charge in [0.1, 0.15) is 0 Å². The Kier molecular flexibility index (Phi) is 3.35. The van der Waals surface area contributed by atoms with Gasteiger partial charge in [0.25, 0.3) is 0 Å². The molecule has 0 aromatic heterocycles. The highest BCUT2D eigenvalue weighted by atomic mass is 32.2. The van der Waals surface area contributed by atoms with E-state index in [9.17, 15) is 0 Å². The summed E-state index contributed by atoms with van der Waals surface area (Å²) in [7, 11) is 0. The molecule has 1 aliphatic rings. The summed E-state index contributed by atoms with van der Waals surface area (Å²) in [6.07, 6.45) is 6.98. The molecule has 0 heterocycles. The van der Waals surface area contributed by atoms with Gasteiger partial charge in [0, 0.05) is 15.8 Å². The van der Waals surface area contributed by atoms with Crippen molar-refractivity contribution in [2.75, 3.05) is 5.73 Å². The van der Waals surface area contributed by atoms with Crippen molar-refractivity contribution in [2.24, 2.45) is 0 Å². The minimum absolute atomic E-state index is 0.825. The number of hydrogen-bond donors (Lipinski definition) is 1. The Balaban J connectivity index is 1.95. The van der Waals surface area contributed by atoms with Gasteiger partial charge < -0.3 is 5.73 Å². The molecule has 2 rings (SSSR count). The van der Waals surface area contributed by atoms with E-state index >= 15 is 0 Å². The summed E-state index contributed by atoms with van der Waals surface area (Å²) in [5.74, 6) is 0. The van der Waals surface area contributed by atoms with Crippen LogP contribution in [-0.2, 0) is 0 Å². The number of nitrogens with two attached hydrogens (primary N) is 1. The molecule has 0 saturated heterocycles. The Morgan fingerprint density at radius 2 is 1.93 bits per heavy atom. The molecule has 14 heavy (non-hydrogen) atoms. The number of nitrogen functional groups attached to an aromatic ring is 1. The molecule has 1 nitrogen and oxygen atoms in total.